The lowest BCUT2D eigenvalue weighted by Gasteiger charge is -1.92. The minimum absolute atomic E-state index is 0.906. The molecule has 0 aliphatic carbocycles. The first kappa shape index (κ1) is 7.10. The lowest BCUT2D eigenvalue weighted by Crippen LogP contribution is -1.79. The van der Waals surface area contributed by atoms with Crippen LogP contribution in [-0.4, -0.2) is 13.3 Å². The van der Waals surface area contributed by atoms with Gasteiger partial charge in [-0.15, -0.1) is 0 Å². The van der Waals surface area contributed by atoms with E-state index in [1.54, 1.807) is 19.5 Å². The molecule has 1 aromatic carbocycles. The highest BCUT2D eigenvalue weighted by Crippen LogP contribution is 2.17. The minimum atomic E-state index is 0.906. The number of hydrogen-bond donors (Lipinski definition) is 0. The molecule has 1 aromatic heterocycles. The van der Waals surface area contributed by atoms with E-state index < -0.39 is 0 Å². The molecule has 60 valence electrons. The standard InChI is InChI=1S/C10H9NO/c1-11-7-9-4-2-3-8-5-6-12-10(8)9/h2-7H,1H3. The predicted octanol–water partition coefficient (Wildman–Crippen LogP) is 2.48. The second-order valence-corrected chi connectivity index (χ2v) is 2.57. The van der Waals surface area contributed by atoms with Crippen LogP contribution in [-0.2, 0) is 0 Å². The summed E-state index contributed by atoms with van der Waals surface area (Å²) in [6.07, 6.45) is 3.49. The molecule has 0 aliphatic heterocycles. The Bertz CT molecular complexity index is 414. The van der Waals surface area contributed by atoms with Gasteiger partial charge in [-0.25, -0.2) is 0 Å². The third-order valence-electron chi connectivity index (χ3n) is 1.78. The van der Waals surface area contributed by atoms with Gasteiger partial charge in [0.15, 0.2) is 0 Å². The smallest absolute Gasteiger partial charge is 0.142 e. The van der Waals surface area contributed by atoms with Crippen LogP contribution < -0.4 is 0 Å². The van der Waals surface area contributed by atoms with E-state index in [2.05, 4.69) is 4.99 Å². The summed E-state index contributed by atoms with van der Waals surface area (Å²) in [5, 5.41) is 1.12. The summed E-state index contributed by atoms with van der Waals surface area (Å²) in [5.74, 6) is 0. The van der Waals surface area contributed by atoms with Gasteiger partial charge in [0, 0.05) is 24.2 Å². The second kappa shape index (κ2) is 2.81. The molecule has 0 amide bonds. The normalized spacial score (nSPS) is 11.4. The van der Waals surface area contributed by atoms with Gasteiger partial charge in [0.2, 0.25) is 0 Å². The van der Waals surface area contributed by atoms with Crippen LogP contribution in [0.4, 0.5) is 0 Å². The Morgan fingerprint density at radius 1 is 1.33 bits per heavy atom. The van der Waals surface area contributed by atoms with Gasteiger partial charge in [0.1, 0.15) is 5.58 Å². The molecular formula is C10H9NO. The lowest BCUT2D eigenvalue weighted by molar-refractivity contribution is 0.615. The number of nitrogens with zero attached hydrogens (tertiary/aromatic N) is 1. The fourth-order valence-corrected chi connectivity index (χ4v) is 1.26. The van der Waals surface area contributed by atoms with Gasteiger partial charge in [-0.1, -0.05) is 12.1 Å². The Balaban J connectivity index is 2.73. The minimum Gasteiger partial charge on any atom is -0.464 e. The molecule has 0 atom stereocenters. The summed E-state index contributed by atoms with van der Waals surface area (Å²) < 4.78 is 5.31. The van der Waals surface area contributed by atoms with E-state index in [1.807, 2.05) is 24.3 Å². The second-order valence-electron chi connectivity index (χ2n) is 2.57. The van der Waals surface area contributed by atoms with Crippen molar-refractivity contribution in [1.29, 1.82) is 0 Å². The third-order valence-corrected chi connectivity index (χ3v) is 1.78. The summed E-state index contributed by atoms with van der Waals surface area (Å²) in [7, 11) is 1.75. The molecule has 2 heteroatoms. The highest BCUT2D eigenvalue weighted by molar-refractivity contribution is 5.96. The maximum Gasteiger partial charge on any atom is 0.142 e. The zero-order chi connectivity index (χ0) is 8.39. The van der Waals surface area contributed by atoms with Gasteiger partial charge in [-0.2, -0.15) is 0 Å². The maximum absolute atomic E-state index is 5.31. The van der Waals surface area contributed by atoms with Gasteiger partial charge in [0.25, 0.3) is 0 Å². The Morgan fingerprint density at radius 3 is 3.08 bits per heavy atom. The van der Waals surface area contributed by atoms with Crippen molar-refractivity contribution in [2.24, 2.45) is 4.99 Å². The van der Waals surface area contributed by atoms with Gasteiger partial charge in [0.05, 0.1) is 6.26 Å². The van der Waals surface area contributed by atoms with Crippen LogP contribution in [0.25, 0.3) is 11.0 Å². The molecule has 0 aliphatic rings. The van der Waals surface area contributed by atoms with Crippen LogP contribution in [0.5, 0.6) is 0 Å². The van der Waals surface area contributed by atoms with E-state index in [9.17, 15) is 0 Å². The van der Waals surface area contributed by atoms with E-state index in [0.29, 0.717) is 0 Å². The van der Waals surface area contributed by atoms with Gasteiger partial charge >= 0.3 is 0 Å². The van der Waals surface area contributed by atoms with Gasteiger partial charge in [-0.3, -0.25) is 4.99 Å². The van der Waals surface area contributed by atoms with E-state index in [4.69, 9.17) is 4.42 Å². The molecule has 2 rings (SSSR count). The van der Waals surface area contributed by atoms with E-state index in [-0.39, 0.29) is 0 Å². The molecule has 0 fully saturated rings. The van der Waals surface area contributed by atoms with Crippen molar-refractivity contribution in [3.8, 4) is 0 Å². The Labute approximate surface area is 70.5 Å². The molecule has 1 heterocycles. The van der Waals surface area contributed by atoms with E-state index >= 15 is 0 Å². The Hall–Kier alpha value is -1.57. The molecule has 0 saturated heterocycles. The van der Waals surface area contributed by atoms with Crippen molar-refractivity contribution in [1.82, 2.24) is 0 Å². The number of benzene rings is 1. The molecule has 12 heavy (non-hydrogen) atoms. The van der Waals surface area contributed by atoms with Crippen LogP contribution in [0.1, 0.15) is 5.56 Å². The first-order chi connectivity index (χ1) is 5.92. The first-order valence-corrected chi connectivity index (χ1v) is 3.80. The zero-order valence-corrected chi connectivity index (χ0v) is 6.82. The largest absolute Gasteiger partial charge is 0.464 e. The van der Waals surface area contributed by atoms with Crippen LogP contribution in [0.3, 0.4) is 0 Å². The van der Waals surface area contributed by atoms with Crippen LogP contribution in [0.15, 0.2) is 39.9 Å². The van der Waals surface area contributed by atoms with Crippen molar-refractivity contribution in [2.45, 2.75) is 0 Å². The molecule has 0 saturated carbocycles. The summed E-state index contributed by atoms with van der Waals surface area (Å²) in [6, 6.07) is 7.95. The summed E-state index contributed by atoms with van der Waals surface area (Å²) in [6.45, 7) is 0. The number of para-hydroxylation sites is 1. The zero-order valence-electron chi connectivity index (χ0n) is 6.82. The van der Waals surface area contributed by atoms with Crippen LogP contribution in [0, 0.1) is 0 Å². The fourth-order valence-electron chi connectivity index (χ4n) is 1.26. The number of rotatable bonds is 1. The lowest BCUT2D eigenvalue weighted by atomic mass is 10.2. The molecular weight excluding hydrogens is 150 g/mol. The fraction of sp³-hybridized carbons (Fsp3) is 0.100. The number of furan rings is 1. The van der Waals surface area contributed by atoms with E-state index in [0.717, 1.165) is 16.5 Å². The van der Waals surface area contributed by atoms with Crippen molar-refractivity contribution in [3.63, 3.8) is 0 Å². The molecule has 0 radical (unpaired) electrons. The Kier molecular flexibility index (Phi) is 1.67. The van der Waals surface area contributed by atoms with Gasteiger partial charge < -0.3 is 4.42 Å². The highest BCUT2D eigenvalue weighted by atomic mass is 16.3. The number of fused-ring (bicyclic) bond motifs is 1. The topological polar surface area (TPSA) is 25.5 Å². The third kappa shape index (κ3) is 1.01. The Morgan fingerprint density at radius 2 is 2.25 bits per heavy atom. The van der Waals surface area contributed by atoms with Crippen molar-refractivity contribution in [3.05, 3.63) is 36.1 Å². The summed E-state index contributed by atoms with van der Waals surface area (Å²) >= 11 is 0. The number of hydrogen-bond acceptors (Lipinski definition) is 2. The SMILES string of the molecule is CN=Cc1cccc2ccoc12. The monoisotopic (exact) mass is 159 g/mol. The average Bonchev–Trinajstić information content (AvgIpc) is 2.53. The maximum atomic E-state index is 5.31. The molecule has 0 unspecified atom stereocenters. The highest BCUT2D eigenvalue weighted by Gasteiger charge is 1.99. The summed E-state index contributed by atoms with van der Waals surface area (Å²) in [4.78, 5) is 3.95. The van der Waals surface area contributed by atoms with Crippen LogP contribution >= 0.6 is 0 Å². The van der Waals surface area contributed by atoms with Crippen molar-refractivity contribution in [2.75, 3.05) is 7.05 Å². The van der Waals surface area contributed by atoms with Gasteiger partial charge in [-0.05, 0) is 12.1 Å². The van der Waals surface area contributed by atoms with Crippen LogP contribution in [0.2, 0.25) is 0 Å². The van der Waals surface area contributed by atoms with Crippen molar-refractivity contribution >= 4 is 17.2 Å². The molecule has 0 N–H and O–H groups in total. The van der Waals surface area contributed by atoms with Crippen molar-refractivity contribution < 1.29 is 4.42 Å². The average molecular weight is 159 g/mol. The van der Waals surface area contributed by atoms with E-state index in [1.165, 1.54) is 0 Å². The predicted molar refractivity (Wildman–Crippen MR) is 49.7 cm³/mol. The quantitative estimate of drug-likeness (QED) is 0.587. The number of aliphatic imine (C=N–C) groups is 1. The molecule has 2 nitrogen and oxygen atoms in total. The first-order valence-electron chi connectivity index (χ1n) is 3.80. The molecule has 0 bridgehead atoms. The molecule has 2 aromatic rings. The summed E-state index contributed by atoms with van der Waals surface area (Å²) in [5.41, 5.74) is 1.93. The molecule has 0 spiro atoms.